The van der Waals surface area contributed by atoms with E-state index in [9.17, 15) is 35.2 Å². The third-order valence-electron chi connectivity index (χ3n) is 6.09. The first-order valence-corrected chi connectivity index (χ1v) is 14.2. The fraction of sp³-hybridized carbons (Fsp3) is 0.321. The average molecular weight is 622 g/mol. The second-order valence-electron chi connectivity index (χ2n) is 9.55. The zero-order valence-electron chi connectivity index (χ0n) is 22.1. The van der Waals surface area contributed by atoms with E-state index in [2.05, 4.69) is 0 Å². The standard InChI is InChI=1S/C28H26F7NO5S/c1-42(39,40)25-14-22(13-24(30)23(25)15-26(37)38)41-11-3-10-36(16-18-4-2-5-20(12-18)28(33,34)35)17-27(31,32)19-6-8-21(29)9-7-19/h2,4-9,12-14H,3,10-11,15-17H2,1H3,(H,37,38). The Balaban J connectivity index is 1.78. The summed E-state index contributed by atoms with van der Waals surface area (Å²) in [7, 11) is -4.04. The van der Waals surface area contributed by atoms with Crippen LogP contribution in [0.15, 0.2) is 65.6 Å². The van der Waals surface area contributed by atoms with Gasteiger partial charge < -0.3 is 9.84 Å². The summed E-state index contributed by atoms with van der Waals surface area (Å²) < 4.78 is 127. The van der Waals surface area contributed by atoms with Crippen LogP contribution in [0.25, 0.3) is 0 Å². The molecule has 0 heterocycles. The van der Waals surface area contributed by atoms with Crippen molar-refractivity contribution in [1.29, 1.82) is 0 Å². The van der Waals surface area contributed by atoms with Gasteiger partial charge in [-0.3, -0.25) is 9.69 Å². The molecule has 3 aromatic carbocycles. The minimum atomic E-state index is -4.65. The molecule has 0 aliphatic carbocycles. The van der Waals surface area contributed by atoms with Gasteiger partial charge in [0.05, 0.1) is 30.0 Å². The molecule has 3 aromatic rings. The number of carboxylic acid groups (broad SMARTS) is 1. The molecule has 0 aliphatic heterocycles. The summed E-state index contributed by atoms with van der Waals surface area (Å²) in [6.45, 7) is -1.61. The van der Waals surface area contributed by atoms with Crippen molar-refractivity contribution in [2.45, 2.75) is 36.4 Å². The van der Waals surface area contributed by atoms with E-state index in [4.69, 9.17) is 9.84 Å². The van der Waals surface area contributed by atoms with Gasteiger partial charge in [-0.2, -0.15) is 22.0 Å². The first kappa shape index (κ1) is 32.9. The van der Waals surface area contributed by atoms with Gasteiger partial charge in [0.15, 0.2) is 9.84 Å². The molecule has 0 fully saturated rings. The molecule has 0 aliphatic rings. The number of carboxylic acids is 1. The van der Waals surface area contributed by atoms with Crippen molar-refractivity contribution >= 4 is 15.8 Å². The SMILES string of the molecule is CS(=O)(=O)c1cc(OCCCN(Cc2cccc(C(F)(F)F)c2)CC(F)(F)c2ccc(F)cc2)cc(F)c1CC(=O)O. The van der Waals surface area contributed by atoms with E-state index in [0.29, 0.717) is 0 Å². The highest BCUT2D eigenvalue weighted by molar-refractivity contribution is 7.90. The van der Waals surface area contributed by atoms with Crippen molar-refractivity contribution in [1.82, 2.24) is 4.90 Å². The number of halogens is 7. The lowest BCUT2D eigenvalue weighted by Crippen LogP contribution is -2.36. The molecule has 0 unspecified atom stereocenters. The Labute approximate surface area is 237 Å². The maximum absolute atomic E-state index is 15.1. The van der Waals surface area contributed by atoms with Crippen molar-refractivity contribution in [3.63, 3.8) is 0 Å². The largest absolute Gasteiger partial charge is 0.493 e. The predicted molar refractivity (Wildman–Crippen MR) is 138 cm³/mol. The topological polar surface area (TPSA) is 83.9 Å². The van der Waals surface area contributed by atoms with Crippen LogP contribution in [0.5, 0.6) is 5.75 Å². The van der Waals surface area contributed by atoms with Crippen LogP contribution in [-0.4, -0.2) is 50.3 Å². The van der Waals surface area contributed by atoms with Crippen molar-refractivity contribution in [2.24, 2.45) is 0 Å². The van der Waals surface area contributed by atoms with Crippen molar-refractivity contribution in [3.8, 4) is 5.75 Å². The van der Waals surface area contributed by atoms with Gasteiger partial charge in [0.1, 0.15) is 17.4 Å². The van der Waals surface area contributed by atoms with Crippen LogP contribution in [0, 0.1) is 11.6 Å². The Morgan fingerprint density at radius 1 is 0.952 bits per heavy atom. The number of ether oxygens (including phenoxy) is 1. The summed E-state index contributed by atoms with van der Waals surface area (Å²) in [5, 5.41) is 8.98. The van der Waals surface area contributed by atoms with Gasteiger partial charge in [-0.05, 0) is 36.2 Å². The molecule has 3 rings (SSSR count). The maximum atomic E-state index is 15.1. The highest BCUT2D eigenvalue weighted by atomic mass is 32.2. The summed E-state index contributed by atoms with van der Waals surface area (Å²) >= 11 is 0. The zero-order chi connectivity index (χ0) is 31.3. The number of aliphatic carboxylic acids is 1. The minimum absolute atomic E-state index is 0.00512. The predicted octanol–water partition coefficient (Wildman–Crippen LogP) is 6.08. The lowest BCUT2D eigenvalue weighted by molar-refractivity contribution is -0.138. The Morgan fingerprint density at radius 2 is 1.62 bits per heavy atom. The van der Waals surface area contributed by atoms with Gasteiger partial charge in [0, 0.05) is 36.5 Å². The molecule has 6 nitrogen and oxygen atoms in total. The van der Waals surface area contributed by atoms with E-state index in [1.165, 1.54) is 11.0 Å². The zero-order valence-corrected chi connectivity index (χ0v) is 22.9. The Morgan fingerprint density at radius 3 is 2.21 bits per heavy atom. The van der Waals surface area contributed by atoms with E-state index in [-0.39, 0.29) is 37.4 Å². The first-order valence-electron chi connectivity index (χ1n) is 12.3. The smallest absolute Gasteiger partial charge is 0.416 e. The van der Waals surface area contributed by atoms with E-state index in [1.54, 1.807) is 0 Å². The van der Waals surface area contributed by atoms with Crippen LogP contribution in [-0.2, 0) is 39.7 Å². The molecule has 228 valence electrons. The molecule has 0 saturated carbocycles. The molecular formula is C28H26F7NO5S. The van der Waals surface area contributed by atoms with Crippen LogP contribution in [0.2, 0.25) is 0 Å². The number of rotatable bonds is 13. The fourth-order valence-electron chi connectivity index (χ4n) is 4.19. The van der Waals surface area contributed by atoms with Crippen LogP contribution in [0.1, 0.15) is 28.7 Å². The highest BCUT2D eigenvalue weighted by Gasteiger charge is 2.35. The van der Waals surface area contributed by atoms with Crippen LogP contribution >= 0.6 is 0 Å². The molecule has 42 heavy (non-hydrogen) atoms. The van der Waals surface area contributed by atoms with Gasteiger partial charge in [-0.1, -0.05) is 30.3 Å². The molecule has 0 radical (unpaired) electrons. The summed E-state index contributed by atoms with van der Waals surface area (Å²) in [4.78, 5) is 11.6. The van der Waals surface area contributed by atoms with E-state index in [0.717, 1.165) is 60.9 Å². The summed E-state index contributed by atoms with van der Waals surface area (Å²) in [5.41, 5.74) is -1.90. The van der Waals surface area contributed by atoms with Gasteiger partial charge in [-0.25, -0.2) is 17.2 Å². The third-order valence-corrected chi connectivity index (χ3v) is 7.26. The number of hydrogen-bond donors (Lipinski definition) is 1. The van der Waals surface area contributed by atoms with Crippen molar-refractivity contribution in [2.75, 3.05) is 26.0 Å². The van der Waals surface area contributed by atoms with Gasteiger partial charge in [-0.15, -0.1) is 0 Å². The molecule has 0 spiro atoms. The Kier molecular flexibility index (Phi) is 10.3. The van der Waals surface area contributed by atoms with E-state index in [1.807, 2.05) is 0 Å². The number of alkyl halides is 5. The van der Waals surface area contributed by atoms with Crippen molar-refractivity contribution < 1.29 is 53.8 Å². The molecule has 0 saturated heterocycles. The van der Waals surface area contributed by atoms with E-state index < -0.39 is 74.1 Å². The average Bonchev–Trinajstić information content (AvgIpc) is 2.86. The molecule has 0 amide bonds. The molecule has 14 heteroatoms. The molecule has 0 aromatic heterocycles. The monoisotopic (exact) mass is 621 g/mol. The van der Waals surface area contributed by atoms with E-state index >= 15 is 8.78 Å². The van der Waals surface area contributed by atoms with Crippen LogP contribution in [0.3, 0.4) is 0 Å². The molecule has 0 bridgehead atoms. The Hall–Kier alpha value is -3.65. The van der Waals surface area contributed by atoms with Gasteiger partial charge in [0.2, 0.25) is 0 Å². The quantitative estimate of drug-likeness (QED) is 0.184. The van der Waals surface area contributed by atoms with Gasteiger partial charge in [0.25, 0.3) is 5.92 Å². The normalized spacial score (nSPS) is 12.5. The molecule has 1 N–H and O–H groups in total. The van der Waals surface area contributed by atoms with Crippen LogP contribution < -0.4 is 4.74 Å². The summed E-state index contributed by atoms with van der Waals surface area (Å²) in [6, 6.07) is 9.48. The minimum Gasteiger partial charge on any atom is -0.493 e. The second kappa shape index (κ2) is 13.1. The molecular weight excluding hydrogens is 595 g/mol. The van der Waals surface area contributed by atoms with Gasteiger partial charge >= 0.3 is 12.1 Å². The number of sulfone groups is 1. The number of benzene rings is 3. The van der Waals surface area contributed by atoms with Crippen LogP contribution in [0.4, 0.5) is 30.7 Å². The number of hydrogen-bond acceptors (Lipinski definition) is 5. The lowest BCUT2D eigenvalue weighted by atomic mass is 10.1. The second-order valence-corrected chi connectivity index (χ2v) is 11.5. The third kappa shape index (κ3) is 9.18. The Bertz CT molecular complexity index is 1510. The van der Waals surface area contributed by atoms with Crippen molar-refractivity contribution in [3.05, 3.63) is 94.6 Å². The maximum Gasteiger partial charge on any atom is 0.416 e. The number of nitrogens with zero attached hydrogens (tertiary/aromatic N) is 1. The number of carbonyl (C=O) groups is 1. The summed E-state index contributed by atoms with van der Waals surface area (Å²) in [6.07, 6.45) is -4.76. The molecule has 0 atom stereocenters. The first-order chi connectivity index (χ1) is 19.5. The lowest BCUT2D eigenvalue weighted by Gasteiger charge is -2.28. The fourth-order valence-corrected chi connectivity index (χ4v) is 5.13. The summed E-state index contributed by atoms with van der Waals surface area (Å²) in [5.74, 6) is -7.06. The highest BCUT2D eigenvalue weighted by Crippen LogP contribution is 2.32.